The van der Waals surface area contributed by atoms with Crippen LogP contribution in [0.25, 0.3) is 11.1 Å². The van der Waals surface area contributed by atoms with Crippen LogP contribution in [0.2, 0.25) is 0 Å². The fraction of sp³-hybridized carbons (Fsp3) is 0.389. The minimum absolute atomic E-state index is 0.227. The Morgan fingerprint density at radius 3 is 2.55 bits per heavy atom. The van der Waals surface area contributed by atoms with Gasteiger partial charge in [-0.05, 0) is 60.5 Å². The Morgan fingerprint density at radius 1 is 1.10 bits per heavy atom. The summed E-state index contributed by atoms with van der Waals surface area (Å²) >= 11 is 0. The molecule has 0 atom stereocenters. The zero-order valence-corrected chi connectivity index (χ0v) is 11.9. The third-order valence-corrected chi connectivity index (χ3v) is 4.13. The van der Waals surface area contributed by atoms with Gasteiger partial charge in [-0.3, -0.25) is 0 Å². The van der Waals surface area contributed by atoms with Crippen molar-refractivity contribution in [3.05, 3.63) is 47.0 Å². The van der Waals surface area contributed by atoms with Crippen LogP contribution in [0.4, 0.5) is 0 Å². The first-order valence-corrected chi connectivity index (χ1v) is 7.52. The lowest BCUT2D eigenvalue weighted by atomic mass is 9.99. The normalized spacial score (nSPS) is 19.6. The number of benzene rings is 1. The Morgan fingerprint density at radius 2 is 1.80 bits per heavy atom. The summed E-state index contributed by atoms with van der Waals surface area (Å²) in [5.74, 6) is -0.227. The van der Waals surface area contributed by atoms with E-state index in [1.54, 1.807) is 6.08 Å². The molecule has 2 aliphatic carbocycles. The molecule has 20 heavy (non-hydrogen) atoms. The van der Waals surface area contributed by atoms with Gasteiger partial charge in [-0.25, -0.2) is 4.79 Å². The smallest absolute Gasteiger partial charge is 0.331 e. The average Bonchev–Trinajstić information content (AvgIpc) is 2.63. The maximum atomic E-state index is 11.8. The van der Waals surface area contributed by atoms with E-state index in [2.05, 4.69) is 18.2 Å². The molecule has 0 saturated carbocycles. The van der Waals surface area contributed by atoms with E-state index in [0.717, 1.165) is 18.4 Å². The van der Waals surface area contributed by atoms with E-state index in [4.69, 9.17) is 4.74 Å². The van der Waals surface area contributed by atoms with Gasteiger partial charge >= 0.3 is 5.97 Å². The van der Waals surface area contributed by atoms with Crippen LogP contribution in [0.5, 0.6) is 0 Å². The monoisotopic (exact) mass is 268 g/mol. The van der Waals surface area contributed by atoms with E-state index >= 15 is 0 Å². The Labute approximate surface area is 120 Å². The van der Waals surface area contributed by atoms with Gasteiger partial charge in [0.05, 0.1) is 6.61 Å². The third-order valence-electron chi connectivity index (χ3n) is 4.13. The van der Waals surface area contributed by atoms with Gasteiger partial charge in [0.2, 0.25) is 0 Å². The summed E-state index contributed by atoms with van der Waals surface area (Å²) in [4.78, 5) is 11.8. The highest BCUT2D eigenvalue weighted by atomic mass is 16.5. The van der Waals surface area contributed by atoms with Crippen LogP contribution in [0.1, 0.15) is 50.2 Å². The third kappa shape index (κ3) is 2.31. The van der Waals surface area contributed by atoms with Gasteiger partial charge in [0.15, 0.2) is 0 Å². The van der Waals surface area contributed by atoms with Crippen molar-refractivity contribution in [2.24, 2.45) is 0 Å². The van der Waals surface area contributed by atoms with Gasteiger partial charge in [-0.15, -0.1) is 0 Å². The number of hydrogen-bond donors (Lipinski definition) is 0. The standard InChI is InChI=1S/C18H20O2/c1-2-20-18(19)12-17-15-9-5-3-4-8-13(15)14-10-6-7-11-16(14)17/h6-7,10-12H,2-5,8-9H2,1H3/b17-12+. The summed E-state index contributed by atoms with van der Waals surface area (Å²) in [6.45, 7) is 2.27. The highest BCUT2D eigenvalue weighted by Crippen LogP contribution is 2.46. The summed E-state index contributed by atoms with van der Waals surface area (Å²) in [7, 11) is 0. The Hall–Kier alpha value is -1.83. The molecule has 1 aromatic rings. The molecule has 0 spiro atoms. The molecule has 1 aromatic carbocycles. The van der Waals surface area contributed by atoms with Gasteiger partial charge in [-0.1, -0.05) is 30.7 Å². The van der Waals surface area contributed by atoms with Crippen LogP contribution >= 0.6 is 0 Å². The maximum Gasteiger partial charge on any atom is 0.331 e. The predicted octanol–water partition coefficient (Wildman–Crippen LogP) is 4.36. The van der Waals surface area contributed by atoms with Gasteiger partial charge in [0.25, 0.3) is 0 Å². The van der Waals surface area contributed by atoms with Gasteiger partial charge in [-0.2, -0.15) is 0 Å². The zero-order valence-electron chi connectivity index (χ0n) is 11.9. The zero-order chi connectivity index (χ0) is 13.9. The van der Waals surface area contributed by atoms with Crippen LogP contribution in [0, 0.1) is 0 Å². The van der Waals surface area contributed by atoms with Crippen LogP contribution in [-0.2, 0) is 9.53 Å². The second-order valence-electron chi connectivity index (χ2n) is 5.37. The molecule has 0 aromatic heterocycles. The summed E-state index contributed by atoms with van der Waals surface area (Å²) in [5.41, 5.74) is 6.44. The lowest BCUT2D eigenvalue weighted by Gasteiger charge is -2.07. The molecule has 0 aliphatic heterocycles. The van der Waals surface area contributed by atoms with Gasteiger partial charge in [0, 0.05) is 6.08 Å². The maximum absolute atomic E-state index is 11.8. The van der Waals surface area contributed by atoms with Crippen molar-refractivity contribution in [3.63, 3.8) is 0 Å². The molecule has 3 rings (SSSR count). The molecule has 2 aliphatic rings. The second kappa shape index (κ2) is 5.66. The molecule has 0 heterocycles. The van der Waals surface area contributed by atoms with Crippen molar-refractivity contribution in [1.82, 2.24) is 0 Å². The van der Waals surface area contributed by atoms with Gasteiger partial charge in [0.1, 0.15) is 0 Å². The Balaban J connectivity index is 2.07. The summed E-state index contributed by atoms with van der Waals surface area (Å²) in [6, 6.07) is 8.43. The molecule has 2 nitrogen and oxygen atoms in total. The van der Waals surface area contributed by atoms with Gasteiger partial charge < -0.3 is 4.74 Å². The van der Waals surface area contributed by atoms with E-state index in [1.165, 1.54) is 41.5 Å². The molecular formula is C18H20O2. The average molecular weight is 268 g/mol. The number of carbonyl (C=O) groups is 1. The van der Waals surface area contributed by atoms with Crippen LogP contribution < -0.4 is 0 Å². The van der Waals surface area contributed by atoms with Crippen LogP contribution in [-0.4, -0.2) is 12.6 Å². The molecular weight excluding hydrogens is 248 g/mol. The summed E-state index contributed by atoms with van der Waals surface area (Å²) in [5, 5.41) is 0. The molecule has 104 valence electrons. The minimum atomic E-state index is -0.227. The SMILES string of the molecule is CCOC(=O)/C=C1\C2=C(CCCCC2)c2ccccc21. The Kier molecular flexibility index (Phi) is 3.72. The van der Waals surface area contributed by atoms with E-state index in [-0.39, 0.29) is 5.97 Å². The Bertz CT molecular complexity index is 593. The fourth-order valence-electron chi connectivity index (χ4n) is 3.29. The van der Waals surface area contributed by atoms with Crippen LogP contribution in [0.3, 0.4) is 0 Å². The minimum Gasteiger partial charge on any atom is -0.463 e. The van der Waals surface area contributed by atoms with Crippen molar-refractivity contribution in [2.45, 2.75) is 39.0 Å². The number of hydrogen-bond acceptors (Lipinski definition) is 2. The highest BCUT2D eigenvalue weighted by Gasteiger charge is 2.27. The first-order valence-electron chi connectivity index (χ1n) is 7.52. The molecule has 0 radical (unpaired) electrons. The summed E-state index contributed by atoms with van der Waals surface area (Å²) < 4.78 is 5.09. The predicted molar refractivity (Wildman–Crippen MR) is 81.1 cm³/mol. The molecule has 0 saturated heterocycles. The molecule has 0 amide bonds. The van der Waals surface area contributed by atoms with E-state index in [0.29, 0.717) is 6.61 Å². The summed E-state index contributed by atoms with van der Waals surface area (Å²) in [6.07, 6.45) is 7.65. The number of esters is 1. The van der Waals surface area contributed by atoms with Crippen molar-refractivity contribution in [2.75, 3.05) is 6.61 Å². The number of ether oxygens (including phenoxy) is 1. The van der Waals surface area contributed by atoms with Crippen molar-refractivity contribution in [1.29, 1.82) is 0 Å². The number of fused-ring (bicyclic) bond motifs is 2. The fourth-order valence-corrected chi connectivity index (χ4v) is 3.29. The molecule has 0 fully saturated rings. The number of carbonyl (C=O) groups excluding carboxylic acids is 1. The molecule has 0 unspecified atom stereocenters. The lowest BCUT2D eigenvalue weighted by Crippen LogP contribution is -2.01. The molecule has 2 heteroatoms. The molecule has 0 N–H and O–H groups in total. The lowest BCUT2D eigenvalue weighted by molar-refractivity contribution is -0.137. The van der Waals surface area contributed by atoms with E-state index in [1.807, 2.05) is 13.0 Å². The van der Waals surface area contributed by atoms with E-state index in [9.17, 15) is 4.79 Å². The first-order chi connectivity index (χ1) is 9.81. The second-order valence-corrected chi connectivity index (χ2v) is 5.37. The van der Waals surface area contributed by atoms with Crippen molar-refractivity contribution in [3.8, 4) is 0 Å². The van der Waals surface area contributed by atoms with Crippen molar-refractivity contribution < 1.29 is 9.53 Å². The van der Waals surface area contributed by atoms with Crippen LogP contribution in [0.15, 0.2) is 35.9 Å². The number of allylic oxidation sites excluding steroid dienone is 3. The molecule has 0 bridgehead atoms. The van der Waals surface area contributed by atoms with Crippen molar-refractivity contribution >= 4 is 17.1 Å². The highest BCUT2D eigenvalue weighted by molar-refractivity contribution is 6.06. The number of rotatable bonds is 2. The first kappa shape index (κ1) is 13.2. The topological polar surface area (TPSA) is 26.3 Å². The quantitative estimate of drug-likeness (QED) is 0.588. The van der Waals surface area contributed by atoms with E-state index < -0.39 is 0 Å². The largest absolute Gasteiger partial charge is 0.463 e.